The second kappa shape index (κ2) is 40.4. The highest BCUT2D eigenvalue weighted by Crippen LogP contribution is 2.42. The number of hydrogen-bond acceptors (Lipinski definition) is 21. The van der Waals surface area contributed by atoms with Crippen molar-refractivity contribution in [3.8, 4) is 33.4 Å². The van der Waals surface area contributed by atoms with Crippen molar-refractivity contribution in [2.24, 2.45) is 5.73 Å². The van der Waals surface area contributed by atoms with Crippen LogP contribution in [0.1, 0.15) is 159 Å². The van der Waals surface area contributed by atoms with Crippen LogP contribution < -0.4 is 28.0 Å². The maximum absolute atomic E-state index is 12.4. The topological polar surface area (TPSA) is 391 Å². The molecule has 6 aromatic heterocycles. The number of halogens is 7. The summed E-state index contributed by atoms with van der Waals surface area (Å²) in [5.74, 6) is 0.317. The quantitative estimate of drug-likeness (QED) is 0.0310. The van der Waals surface area contributed by atoms with Crippen molar-refractivity contribution in [1.82, 2.24) is 34.9 Å². The van der Waals surface area contributed by atoms with Gasteiger partial charge in [-0.05, 0) is 235 Å². The molecule has 1 fully saturated rings. The third-order valence-electron chi connectivity index (χ3n) is 22.2. The number of carboxylic acid groups (broad SMARTS) is 1. The molecule has 0 atom stereocenters. The van der Waals surface area contributed by atoms with Gasteiger partial charge in [0, 0.05) is 91.6 Å². The maximum Gasteiger partial charge on any atom is 0.494 e. The van der Waals surface area contributed by atoms with E-state index < -0.39 is 13.1 Å². The predicted molar refractivity (Wildman–Crippen MR) is 515 cm³/mol. The van der Waals surface area contributed by atoms with Gasteiger partial charge in [-0.3, -0.25) is 62.8 Å². The van der Waals surface area contributed by atoms with Crippen LogP contribution in [0.2, 0.25) is 20.1 Å². The number of rotatable bonds is 13. The molecule has 0 aliphatic carbocycles. The van der Waals surface area contributed by atoms with E-state index in [1.165, 1.54) is 46.5 Å². The average Bonchev–Trinajstić information content (AvgIpc) is 1.61. The van der Waals surface area contributed by atoms with Crippen molar-refractivity contribution in [3.05, 3.63) is 298 Å². The Bertz CT molecular complexity index is 6890. The predicted octanol–water partition coefficient (Wildman–Crippen LogP) is 20.1. The minimum absolute atomic E-state index is 0.172. The summed E-state index contributed by atoms with van der Waals surface area (Å²) in [6.07, 6.45) is 10.3. The normalized spacial score (nSPS) is 14.3. The molecule has 11 heterocycles. The van der Waals surface area contributed by atoms with Gasteiger partial charge in [0.15, 0.2) is 22.3 Å². The Morgan fingerprint density at radius 2 is 0.758 bits per heavy atom. The Morgan fingerprint density at radius 1 is 0.432 bits per heavy atom. The molecule has 0 unspecified atom stereocenters. The fourth-order valence-corrected chi connectivity index (χ4v) is 15.8. The molecule has 0 radical (unpaired) electrons. The van der Waals surface area contributed by atoms with Gasteiger partial charge >= 0.3 is 13.1 Å². The van der Waals surface area contributed by atoms with E-state index in [9.17, 15) is 47.9 Å². The highest BCUT2D eigenvalue weighted by Gasteiger charge is 2.52. The number of furan rings is 4. The van der Waals surface area contributed by atoms with Crippen molar-refractivity contribution in [2.45, 2.75) is 78.7 Å². The minimum Gasteiger partial charge on any atom is -0.478 e. The highest BCUT2D eigenvalue weighted by molar-refractivity contribution is 9.10. The first kappa shape index (κ1) is 96.5. The van der Waals surface area contributed by atoms with Crippen molar-refractivity contribution in [3.63, 3.8) is 0 Å². The first-order valence-electron chi connectivity index (χ1n) is 40.6. The number of aryl methyl sites for hydroxylation is 2. The largest absolute Gasteiger partial charge is 0.494 e. The fourth-order valence-electron chi connectivity index (χ4n) is 14.4. The van der Waals surface area contributed by atoms with Crippen LogP contribution in [0, 0.1) is 0 Å². The third kappa shape index (κ3) is 20.8. The van der Waals surface area contributed by atoms with Crippen molar-refractivity contribution in [2.75, 3.05) is 45.0 Å². The number of alkyl halides is 2. The van der Waals surface area contributed by atoms with Crippen LogP contribution in [0.5, 0.6) is 0 Å². The van der Waals surface area contributed by atoms with Crippen LogP contribution >= 0.6 is 85.5 Å². The van der Waals surface area contributed by atoms with Crippen molar-refractivity contribution in [1.29, 1.82) is 0 Å². The number of benzene rings is 8. The first-order valence-corrected chi connectivity index (χ1v) is 44.0. The number of amides is 9. The van der Waals surface area contributed by atoms with Gasteiger partial charge in [0.1, 0.15) is 34.7 Å². The number of anilines is 2. The molecule has 674 valence electrons. The molecule has 132 heavy (non-hydrogen) atoms. The molecule has 14 aromatic rings. The lowest BCUT2D eigenvalue weighted by molar-refractivity contribution is -0.131. The number of aliphatic carboxylic acids is 1. The summed E-state index contributed by atoms with van der Waals surface area (Å²) in [6, 6.07) is 50.1. The standard InChI is InChI=1S/C26H19ClN4O4.C19H14ClNO3.C18H13ClN2O3.C16H20BClO3.C9H6BrNO2.C8H8N2O2.CH2Cl2/c1-31-25(33)19-5-4-15(10-20(19)26(31)34)16-8-17-9-18(35-24(17)21(27)11-16)13-30-23(32)7-3-14-2-6-22(28)29-12-14;1-3-13-7-12-6-11(9-16(20)17(12)24-13)10-4-5-14-15(8-10)19(23)21(2)18(14)22;1-21-17(22)13-3-2-9(6-14(13)18(21)23)10-4-11-5-12(8-20)24-16(11)15(19)7-10;1-6-12-8-10-7-11(9-13(18)14(10)19-12)17-20-15(2,3)16(4,5)21-17;1-11-8(12)6-3-2-5(10)4-7(6)9(11)13;9-7-3-1-6(5-10-7)2-4-8(11)12;2-1-3/h2-12H,13H2,1H3,(H2,28,29)(H,30,32);4-9H,3H2,1-2H3;2-7H,8,20H2,1H3;7-9H,6H2,1-5H3;2-4H,1H3;1-5H,(H2,9,10)(H,11,12);1H2/b7-3+;;;;;4-2+;. The van der Waals surface area contributed by atoms with Crippen LogP contribution in [0.25, 0.3) is 89.4 Å². The Kier molecular flexibility index (Phi) is 29.5. The molecule has 0 bridgehead atoms. The zero-order valence-electron chi connectivity index (χ0n) is 72.3. The van der Waals surface area contributed by atoms with Crippen LogP contribution in [-0.2, 0) is 44.8 Å². The fraction of sp³-hybridized carbons (Fsp3) is 0.175. The van der Waals surface area contributed by atoms with Gasteiger partial charge in [-0.1, -0.05) is 100 Å². The summed E-state index contributed by atoms with van der Waals surface area (Å²) in [6.45, 7) is 12.7. The van der Waals surface area contributed by atoms with Gasteiger partial charge in [-0.2, -0.15) is 0 Å². The summed E-state index contributed by atoms with van der Waals surface area (Å²) in [7, 11) is 5.51. The smallest absolute Gasteiger partial charge is 0.478 e. The van der Waals surface area contributed by atoms with Gasteiger partial charge in [0.2, 0.25) is 5.91 Å². The van der Waals surface area contributed by atoms with Crippen LogP contribution in [-0.4, -0.2) is 146 Å². The molecule has 1 saturated heterocycles. The lowest BCUT2D eigenvalue weighted by Gasteiger charge is -2.32. The van der Waals surface area contributed by atoms with E-state index in [-0.39, 0.29) is 76.3 Å². The molecule has 0 saturated carbocycles. The van der Waals surface area contributed by atoms with E-state index in [1.807, 2.05) is 101 Å². The van der Waals surface area contributed by atoms with Crippen LogP contribution in [0.3, 0.4) is 0 Å². The molecule has 8 N–H and O–H groups in total. The number of nitrogens with one attached hydrogen (secondary N) is 1. The minimum atomic E-state index is -0.980. The van der Waals surface area contributed by atoms with E-state index in [0.29, 0.717) is 117 Å². The summed E-state index contributed by atoms with van der Waals surface area (Å²) >= 11 is 38.3. The molecule has 35 heteroatoms. The third-order valence-corrected chi connectivity index (χ3v) is 23.8. The lowest BCUT2D eigenvalue weighted by atomic mass is 9.78. The van der Waals surface area contributed by atoms with Crippen LogP contribution in [0.15, 0.2) is 217 Å². The molecule has 27 nitrogen and oxygen atoms in total. The number of nitrogen functional groups attached to an aromatic ring is 2. The number of fused-ring (bicyclic) bond motifs is 8. The molecule has 8 aromatic carbocycles. The molecule has 5 aliphatic rings. The summed E-state index contributed by atoms with van der Waals surface area (Å²) in [5, 5.41) is 16.8. The number of hydrogen-bond donors (Lipinski definition) is 5. The van der Waals surface area contributed by atoms with Crippen molar-refractivity contribution < 1.29 is 80.0 Å². The summed E-state index contributed by atoms with van der Waals surface area (Å²) < 4.78 is 35.8. The van der Waals surface area contributed by atoms with Gasteiger partial charge in [0.25, 0.3) is 47.3 Å². The summed E-state index contributed by atoms with van der Waals surface area (Å²) in [5.41, 5.74) is 29.0. The first-order chi connectivity index (χ1) is 62.7. The van der Waals surface area contributed by atoms with Gasteiger partial charge in [-0.15, -0.1) is 23.2 Å². The number of aromatic nitrogens is 2. The Hall–Kier alpha value is -13.0. The molecular formula is C97H82BBrCl6N10O17. The molecule has 9 amide bonds. The van der Waals surface area contributed by atoms with E-state index >= 15 is 0 Å². The number of carbonyl (C=O) groups excluding carboxylic acids is 9. The molecule has 0 spiro atoms. The van der Waals surface area contributed by atoms with E-state index in [0.717, 1.165) is 126 Å². The number of carbonyl (C=O) groups is 10. The number of imide groups is 4. The Balaban J connectivity index is 0.000000138. The molecule has 19 rings (SSSR count). The maximum atomic E-state index is 12.4. The van der Waals surface area contributed by atoms with Gasteiger partial charge in [0.05, 0.1) is 94.2 Å². The molecular weight excluding hydrogens is 1880 g/mol. The van der Waals surface area contributed by atoms with E-state index in [2.05, 4.69) is 38.1 Å². The average molecular weight is 1960 g/mol. The highest BCUT2D eigenvalue weighted by atomic mass is 79.9. The monoisotopic (exact) mass is 1960 g/mol. The zero-order chi connectivity index (χ0) is 95.4. The second-order valence-electron chi connectivity index (χ2n) is 31.4. The van der Waals surface area contributed by atoms with E-state index in [1.54, 1.807) is 115 Å². The Morgan fingerprint density at radius 3 is 1.12 bits per heavy atom. The van der Waals surface area contributed by atoms with Gasteiger partial charge in [-0.25, -0.2) is 14.8 Å². The van der Waals surface area contributed by atoms with Crippen LogP contribution in [0.4, 0.5) is 11.6 Å². The zero-order valence-corrected chi connectivity index (χ0v) is 78.4. The second-order valence-corrected chi connectivity index (χ2v) is 34.8. The summed E-state index contributed by atoms with van der Waals surface area (Å²) in [4.78, 5) is 130. The molecule has 5 aliphatic heterocycles. The number of nitrogens with zero attached hydrogens (tertiary/aromatic N) is 6. The Labute approximate surface area is 794 Å². The number of carboxylic acids is 1. The lowest BCUT2D eigenvalue weighted by Crippen LogP contribution is -2.41. The number of pyridine rings is 2. The number of nitrogens with two attached hydrogens (primary N) is 3. The van der Waals surface area contributed by atoms with Gasteiger partial charge < -0.3 is 54.6 Å². The van der Waals surface area contributed by atoms with E-state index in [4.69, 9.17) is 119 Å². The SMILES string of the molecule is CCc1cc2cc(-c3ccc4c(c3)C(=O)N(C)C4=O)cc(Cl)c2o1.CCc1cc2cc(B3OC(C)(C)C(C)(C)O3)cc(Cl)c2o1.CN1C(=O)c2ccc(-c3cc(Cl)c4oc(CN)cc4c3)cc2C1=O.CN1C(=O)c2ccc(-c3cc(Cl)c4oc(CNC(=O)/C=C/c5ccc(N)nc5)cc4c3)cc2C1=O.CN1C(=O)c2ccc(Br)cc2C1=O.ClCCl.Nc1ccc(/C=C/C(=O)O)cn1. The van der Waals surface area contributed by atoms with Crippen molar-refractivity contribution >= 4 is 225 Å².